The van der Waals surface area contributed by atoms with Crippen molar-refractivity contribution in [1.82, 2.24) is 5.32 Å². The Bertz CT molecular complexity index is 593. The van der Waals surface area contributed by atoms with E-state index in [1.54, 1.807) is 12.1 Å². The SMILES string of the molecule is N#Cc1cc(CNCCOc2ccccc2)ccc1F. The fraction of sp³-hybridized carbons (Fsp3) is 0.188. The van der Waals surface area contributed by atoms with Crippen LogP contribution in [0.1, 0.15) is 11.1 Å². The summed E-state index contributed by atoms with van der Waals surface area (Å²) in [4.78, 5) is 0. The number of nitrogens with one attached hydrogen (secondary N) is 1. The van der Waals surface area contributed by atoms with Crippen LogP contribution in [0.4, 0.5) is 4.39 Å². The van der Waals surface area contributed by atoms with Gasteiger partial charge in [-0.1, -0.05) is 24.3 Å². The van der Waals surface area contributed by atoms with E-state index in [0.717, 1.165) is 11.3 Å². The summed E-state index contributed by atoms with van der Waals surface area (Å²) < 4.78 is 18.7. The van der Waals surface area contributed by atoms with Gasteiger partial charge >= 0.3 is 0 Å². The standard InChI is InChI=1S/C16H15FN2O/c17-16-7-6-13(10-14(16)11-18)12-19-8-9-20-15-4-2-1-3-5-15/h1-7,10,19H,8-9,12H2. The molecule has 0 saturated carbocycles. The molecule has 2 aromatic carbocycles. The zero-order chi connectivity index (χ0) is 14.2. The average molecular weight is 270 g/mol. The number of nitriles is 1. The van der Waals surface area contributed by atoms with Gasteiger partial charge in [0, 0.05) is 13.1 Å². The molecule has 0 spiro atoms. The van der Waals surface area contributed by atoms with Crippen molar-refractivity contribution in [2.45, 2.75) is 6.54 Å². The monoisotopic (exact) mass is 270 g/mol. The third kappa shape index (κ3) is 4.08. The number of rotatable bonds is 6. The van der Waals surface area contributed by atoms with Crippen molar-refractivity contribution < 1.29 is 9.13 Å². The quantitative estimate of drug-likeness (QED) is 0.821. The predicted molar refractivity (Wildman–Crippen MR) is 74.8 cm³/mol. The Morgan fingerprint density at radius 2 is 1.95 bits per heavy atom. The molecule has 0 aromatic heterocycles. The Balaban J connectivity index is 1.72. The molecule has 0 aliphatic carbocycles. The highest BCUT2D eigenvalue weighted by atomic mass is 19.1. The van der Waals surface area contributed by atoms with Crippen LogP contribution in [0.3, 0.4) is 0 Å². The molecule has 0 heterocycles. The molecule has 0 saturated heterocycles. The molecule has 3 nitrogen and oxygen atoms in total. The molecular formula is C16H15FN2O. The van der Waals surface area contributed by atoms with Crippen molar-refractivity contribution in [3.8, 4) is 11.8 Å². The molecule has 2 rings (SSSR count). The van der Waals surface area contributed by atoms with E-state index >= 15 is 0 Å². The van der Waals surface area contributed by atoms with Gasteiger partial charge in [-0.25, -0.2) is 4.39 Å². The first-order valence-corrected chi connectivity index (χ1v) is 6.36. The number of ether oxygens (including phenoxy) is 1. The Hall–Kier alpha value is -2.38. The highest BCUT2D eigenvalue weighted by Crippen LogP contribution is 2.09. The first-order valence-electron chi connectivity index (χ1n) is 6.36. The van der Waals surface area contributed by atoms with Gasteiger partial charge in [0.05, 0.1) is 5.56 Å². The number of hydrogen-bond acceptors (Lipinski definition) is 3. The van der Waals surface area contributed by atoms with Gasteiger partial charge in [0.15, 0.2) is 0 Å². The Labute approximate surface area is 117 Å². The normalized spacial score (nSPS) is 10.0. The average Bonchev–Trinajstić information content (AvgIpc) is 2.49. The maximum atomic E-state index is 13.1. The van der Waals surface area contributed by atoms with Gasteiger partial charge in [-0.3, -0.25) is 0 Å². The summed E-state index contributed by atoms with van der Waals surface area (Å²) >= 11 is 0. The number of nitrogens with zero attached hydrogens (tertiary/aromatic N) is 1. The van der Waals surface area contributed by atoms with Gasteiger partial charge in [-0.15, -0.1) is 0 Å². The predicted octanol–water partition coefficient (Wildman–Crippen LogP) is 2.87. The van der Waals surface area contributed by atoms with Crippen molar-refractivity contribution in [3.05, 3.63) is 65.5 Å². The zero-order valence-corrected chi connectivity index (χ0v) is 11.0. The first kappa shape index (κ1) is 14.0. The van der Waals surface area contributed by atoms with Crippen LogP contribution in [0.15, 0.2) is 48.5 Å². The maximum Gasteiger partial charge on any atom is 0.140 e. The van der Waals surface area contributed by atoms with E-state index in [9.17, 15) is 4.39 Å². The maximum absolute atomic E-state index is 13.1. The van der Waals surface area contributed by atoms with Gasteiger partial charge in [-0.2, -0.15) is 5.26 Å². The highest BCUT2D eigenvalue weighted by molar-refractivity contribution is 5.34. The second kappa shape index (κ2) is 7.27. The molecule has 0 radical (unpaired) electrons. The lowest BCUT2D eigenvalue weighted by molar-refractivity contribution is 0.313. The van der Waals surface area contributed by atoms with E-state index in [1.165, 1.54) is 6.07 Å². The van der Waals surface area contributed by atoms with E-state index < -0.39 is 5.82 Å². The van der Waals surface area contributed by atoms with Crippen LogP contribution in [-0.2, 0) is 6.54 Å². The topological polar surface area (TPSA) is 45.0 Å². The van der Waals surface area contributed by atoms with Crippen LogP contribution in [0.2, 0.25) is 0 Å². The third-order valence-electron chi connectivity index (χ3n) is 2.77. The highest BCUT2D eigenvalue weighted by Gasteiger charge is 2.02. The summed E-state index contributed by atoms with van der Waals surface area (Å²) in [6.45, 7) is 1.80. The fourth-order valence-electron chi connectivity index (χ4n) is 1.76. The zero-order valence-electron chi connectivity index (χ0n) is 11.0. The third-order valence-corrected chi connectivity index (χ3v) is 2.77. The van der Waals surface area contributed by atoms with Crippen molar-refractivity contribution in [3.63, 3.8) is 0 Å². The number of hydrogen-bond donors (Lipinski definition) is 1. The van der Waals surface area contributed by atoms with Crippen molar-refractivity contribution in [2.24, 2.45) is 0 Å². The van der Waals surface area contributed by atoms with Crippen LogP contribution in [0.5, 0.6) is 5.75 Å². The van der Waals surface area contributed by atoms with Gasteiger partial charge < -0.3 is 10.1 Å². The Morgan fingerprint density at radius 3 is 2.70 bits per heavy atom. The molecule has 2 aromatic rings. The molecule has 20 heavy (non-hydrogen) atoms. The van der Waals surface area contributed by atoms with Crippen LogP contribution in [0.25, 0.3) is 0 Å². The minimum atomic E-state index is -0.483. The van der Waals surface area contributed by atoms with E-state index in [1.807, 2.05) is 36.4 Å². The molecule has 4 heteroatoms. The van der Waals surface area contributed by atoms with Gasteiger partial charge in [0.1, 0.15) is 24.2 Å². The minimum absolute atomic E-state index is 0.0739. The molecule has 0 amide bonds. The minimum Gasteiger partial charge on any atom is -0.492 e. The summed E-state index contributed by atoms with van der Waals surface area (Å²) in [5.74, 6) is 0.353. The van der Waals surface area contributed by atoms with Crippen molar-refractivity contribution in [2.75, 3.05) is 13.2 Å². The van der Waals surface area contributed by atoms with Gasteiger partial charge in [-0.05, 0) is 29.8 Å². The second-order valence-electron chi connectivity index (χ2n) is 4.26. The van der Waals surface area contributed by atoms with E-state index in [4.69, 9.17) is 10.00 Å². The smallest absolute Gasteiger partial charge is 0.140 e. The van der Waals surface area contributed by atoms with Crippen molar-refractivity contribution >= 4 is 0 Å². The molecule has 1 N–H and O–H groups in total. The van der Waals surface area contributed by atoms with Crippen molar-refractivity contribution in [1.29, 1.82) is 5.26 Å². The molecule has 0 unspecified atom stereocenters. The lowest BCUT2D eigenvalue weighted by Crippen LogP contribution is -2.20. The molecular weight excluding hydrogens is 255 g/mol. The Morgan fingerprint density at radius 1 is 1.15 bits per heavy atom. The summed E-state index contributed by atoms with van der Waals surface area (Å²) in [5.41, 5.74) is 0.951. The van der Waals surface area contributed by atoms with E-state index in [0.29, 0.717) is 19.7 Å². The molecule has 0 fully saturated rings. The second-order valence-corrected chi connectivity index (χ2v) is 4.26. The molecule has 0 bridgehead atoms. The molecule has 0 atom stereocenters. The van der Waals surface area contributed by atoms with E-state index in [2.05, 4.69) is 5.32 Å². The summed E-state index contributed by atoms with van der Waals surface area (Å²) in [7, 11) is 0. The largest absolute Gasteiger partial charge is 0.492 e. The Kier molecular flexibility index (Phi) is 5.10. The lowest BCUT2D eigenvalue weighted by atomic mass is 10.1. The lowest BCUT2D eigenvalue weighted by Gasteiger charge is -2.08. The van der Waals surface area contributed by atoms with E-state index in [-0.39, 0.29) is 5.56 Å². The number of benzene rings is 2. The first-order chi connectivity index (χ1) is 9.79. The molecule has 0 aliphatic heterocycles. The number of para-hydroxylation sites is 1. The van der Waals surface area contributed by atoms with Gasteiger partial charge in [0.25, 0.3) is 0 Å². The fourth-order valence-corrected chi connectivity index (χ4v) is 1.76. The summed E-state index contributed by atoms with van der Waals surface area (Å²) in [5, 5.41) is 11.9. The summed E-state index contributed by atoms with van der Waals surface area (Å²) in [6, 6.07) is 16.0. The molecule has 102 valence electrons. The summed E-state index contributed by atoms with van der Waals surface area (Å²) in [6.07, 6.45) is 0. The van der Waals surface area contributed by atoms with Crippen LogP contribution < -0.4 is 10.1 Å². The molecule has 0 aliphatic rings. The van der Waals surface area contributed by atoms with Crippen LogP contribution in [-0.4, -0.2) is 13.2 Å². The van der Waals surface area contributed by atoms with Crippen LogP contribution in [0, 0.1) is 17.1 Å². The van der Waals surface area contributed by atoms with Gasteiger partial charge in [0.2, 0.25) is 0 Å². The van der Waals surface area contributed by atoms with Crippen LogP contribution >= 0.6 is 0 Å². The number of halogens is 1.